The van der Waals surface area contributed by atoms with Gasteiger partial charge in [0.1, 0.15) is 5.82 Å². The number of benzene rings is 1. The molecule has 0 spiro atoms. The van der Waals surface area contributed by atoms with Crippen LogP contribution in [-0.2, 0) is 0 Å². The van der Waals surface area contributed by atoms with Crippen molar-refractivity contribution < 1.29 is 4.79 Å². The SMILES string of the molecule is CCCCCNc1ccc(-c2nc3nccc(C(=O)NC(C)CCC(C)C)c3[nH]2)cc1. The molecule has 6 nitrogen and oxygen atoms in total. The molecule has 1 atom stereocenters. The summed E-state index contributed by atoms with van der Waals surface area (Å²) in [5.74, 6) is 1.25. The van der Waals surface area contributed by atoms with Crippen LogP contribution in [-0.4, -0.2) is 33.4 Å². The summed E-state index contributed by atoms with van der Waals surface area (Å²) in [5, 5.41) is 6.55. The van der Waals surface area contributed by atoms with Crippen molar-refractivity contribution in [2.75, 3.05) is 11.9 Å². The maximum atomic E-state index is 12.9. The van der Waals surface area contributed by atoms with Crippen LogP contribution < -0.4 is 10.6 Å². The Balaban J connectivity index is 1.72. The van der Waals surface area contributed by atoms with Crippen LogP contribution in [0.5, 0.6) is 0 Å². The van der Waals surface area contributed by atoms with E-state index in [2.05, 4.69) is 65.4 Å². The van der Waals surface area contributed by atoms with E-state index in [0.717, 1.165) is 30.6 Å². The highest BCUT2D eigenvalue weighted by Crippen LogP contribution is 2.23. The lowest BCUT2D eigenvalue weighted by Crippen LogP contribution is -2.32. The summed E-state index contributed by atoms with van der Waals surface area (Å²) in [6.07, 6.45) is 7.33. The number of hydrogen-bond acceptors (Lipinski definition) is 4. The van der Waals surface area contributed by atoms with Crippen molar-refractivity contribution in [2.45, 2.75) is 65.8 Å². The normalized spacial score (nSPS) is 12.3. The molecule has 0 aliphatic heterocycles. The number of imidazole rings is 1. The van der Waals surface area contributed by atoms with Crippen molar-refractivity contribution in [2.24, 2.45) is 5.92 Å². The number of carbonyl (C=O) groups is 1. The zero-order valence-electron chi connectivity index (χ0n) is 19.2. The van der Waals surface area contributed by atoms with Crippen LogP contribution in [0.2, 0.25) is 0 Å². The number of hydrogen-bond donors (Lipinski definition) is 3. The molecule has 2 heterocycles. The number of amides is 1. The van der Waals surface area contributed by atoms with Gasteiger partial charge in [0, 0.05) is 30.0 Å². The first-order valence-corrected chi connectivity index (χ1v) is 11.5. The lowest BCUT2D eigenvalue weighted by molar-refractivity contribution is 0.0938. The molecular weight excluding hydrogens is 386 g/mol. The van der Waals surface area contributed by atoms with Crippen LogP contribution in [0.4, 0.5) is 5.69 Å². The van der Waals surface area contributed by atoms with E-state index in [1.807, 2.05) is 12.1 Å². The van der Waals surface area contributed by atoms with E-state index in [0.29, 0.717) is 28.5 Å². The van der Waals surface area contributed by atoms with Crippen LogP contribution in [0.1, 0.15) is 70.2 Å². The number of fused-ring (bicyclic) bond motifs is 1. The number of unbranched alkanes of at least 4 members (excludes halogenated alkanes) is 2. The number of aromatic nitrogens is 3. The highest BCUT2D eigenvalue weighted by Gasteiger charge is 2.17. The Morgan fingerprint density at radius 3 is 2.55 bits per heavy atom. The maximum absolute atomic E-state index is 12.9. The van der Waals surface area contributed by atoms with Gasteiger partial charge in [-0.3, -0.25) is 4.79 Å². The third kappa shape index (κ3) is 6.29. The zero-order chi connectivity index (χ0) is 22.2. The Kier molecular flexibility index (Phi) is 8.04. The maximum Gasteiger partial charge on any atom is 0.253 e. The van der Waals surface area contributed by atoms with Crippen molar-refractivity contribution in [1.29, 1.82) is 0 Å². The highest BCUT2D eigenvalue weighted by atomic mass is 16.1. The van der Waals surface area contributed by atoms with Crippen molar-refractivity contribution in [1.82, 2.24) is 20.3 Å². The second kappa shape index (κ2) is 10.9. The van der Waals surface area contributed by atoms with Crippen LogP contribution >= 0.6 is 0 Å². The molecule has 0 fully saturated rings. The largest absolute Gasteiger partial charge is 0.385 e. The molecule has 0 aliphatic carbocycles. The van der Waals surface area contributed by atoms with Gasteiger partial charge in [-0.05, 0) is 62.4 Å². The monoisotopic (exact) mass is 421 g/mol. The first kappa shape index (κ1) is 22.8. The Labute approximate surface area is 185 Å². The summed E-state index contributed by atoms with van der Waals surface area (Å²) >= 11 is 0. The van der Waals surface area contributed by atoms with Crippen molar-refractivity contribution in [3.05, 3.63) is 42.1 Å². The Morgan fingerprint density at radius 2 is 1.84 bits per heavy atom. The summed E-state index contributed by atoms with van der Waals surface area (Å²) in [5.41, 5.74) is 3.87. The fraction of sp³-hybridized carbons (Fsp3) is 0.480. The molecule has 1 amide bonds. The Morgan fingerprint density at radius 1 is 1.06 bits per heavy atom. The predicted octanol–water partition coefficient (Wildman–Crippen LogP) is 5.78. The summed E-state index contributed by atoms with van der Waals surface area (Å²) in [4.78, 5) is 25.1. The van der Waals surface area contributed by atoms with Gasteiger partial charge >= 0.3 is 0 Å². The van der Waals surface area contributed by atoms with Crippen molar-refractivity contribution in [3.63, 3.8) is 0 Å². The lowest BCUT2D eigenvalue weighted by atomic mass is 10.0. The van der Waals surface area contributed by atoms with E-state index in [9.17, 15) is 4.79 Å². The molecule has 31 heavy (non-hydrogen) atoms. The molecule has 166 valence electrons. The summed E-state index contributed by atoms with van der Waals surface area (Å²) in [6, 6.07) is 10.1. The number of rotatable bonds is 11. The number of nitrogens with one attached hydrogen (secondary N) is 3. The molecular formula is C25H35N5O. The summed E-state index contributed by atoms with van der Waals surface area (Å²) in [6.45, 7) is 9.63. The third-order valence-corrected chi connectivity index (χ3v) is 5.46. The molecule has 0 radical (unpaired) electrons. The van der Waals surface area contributed by atoms with E-state index in [4.69, 9.17) is 0 Å². The van der Waals surface area contributed by atoms with E-state index in [1.54, 1.807) is 12.3 Å². The lowest BCUT2D eigenvalue weighted by Gasteiger charge is -2.15. The van der Waals surface area contributed by atoms with Crippen LogP contribution in [0.15, 0.2) is 36.5 Å². The van der Waals surface area contributed by atoms with Crippen molar-refractivity contribution in [3.8, 4) is 11.4 Å². The van der Waals surface area contributed by atoms with Gasteiger partial charge < -0.3 is 15.6 Å². The third-order valence-electron chi connectivity index (χ3n) is 5.46. The fourth-order valence-electron chi connectivity index (χ4n) is 3.55. The van der Waals surface area contributed by atoms with Crippen LogP contribution in [0.3, 0.4) is 0 Å². The minimum Gasteiger partial charge on any atom is -0.385 e. The average Bonchev–Trinajstić information content (AvgIpc) is 3.20. The molecule has 0 aliphatic rings. The number of carbonyl (C=O) groups excluding carboxylic acids is 1. The molecule has 0 bridgehead atoms. The molecule has 1 aromatic carbocycles. The first-order chi connectivity index (χ1) is 15.0. The van der Waals surface area contributed by atoms with Crippen LogP contribution in [0, 0.1) is 5.92 Å². The van der Waals surface area contributed by atoms with Gasteiger partial charge in [-0.1, -0.05) is 33.6 Å². The van der Waals surface area contributed by atoms with E-state index >= 15 is 0 Å². The Bertz CT molecular complexity index is 977. The molecule has 0 saturated carbocycles. The standard InChI is InChI=1S/C25H35N5O/c1-5-6-7-15-26-20-12-10-19(11-13-20)23-29-22-21(14-16-27-24(22)30-23)25(31)28-18(4)9-8-17(2)3/h10-14,16-18,26H,5-9,15H2,1-4H3,(H,28,31)(H,27,29,30). The Hall–Kier alpha value is -2.89. The second-order valence-electron chi connectivity index (χ2n) is 8.70. The minimum atomic E-state index is -0.0921. The molecule has 3 aromatic rings. The average molecular weight is 422 g/mol. The van der Waals surface area contributed by atoms with Crippen molar-refractivity contribution >= 4 is 22.8 Å². The van der Waals surface area contributed by atoms with Gasteiger partial charge in [0.2, 0.25) is 0 Å². The number of pyridine rings is 1. The highest BCUT2D eigenvalue weighted by molar-refractivity contribution is 6.04. The summed E-state index contributed by atoms with van der Waals surface area (Å²) < 4.78 is 0. The molecule has 0 saturated heterocycles. The first-order valence-electron chi connectivity index (χ1n) is 11.5. The second-order valence-corrected chi connectivity index (χ2v) is 8.70. The predicted molar refractivity (Wildman–Crippen MR) is 128 cm³/mol. The summed E-state index contributed by atoms with van der Waals surface area (Å²) in [7, 11) is 0. The fourth-order valence-corrected chi connectivity index (χ4v) is 3.55. The quantitative estimate of drug-likeness (QED) is 0.343. The smallest absolute Gasteiger partial charge is 0.253 e. The van der Waals surface area contributed by atoms with Gasteiger partial charge in [-0.15, -0.1) is 0 Å². The zero-order valence-corrected chi connectivity index (χ0v) is 19.2. The molecule has 3 N–H and O–H groups in total. The van der Waals surface area contributed by atoms with E-state index < -0.39 is 0 Å². The van der Waals surface area contributed by atoms with Gasteiger partial charge in [-0.2, -0.15) is 0 Å². The van der Waals surface area contributed by atoms with Gasteiger partial charge in [-0.25, -0.2) is 9.97 Å². The molecule has 3 rings (SSSR count). The molecule has 1 unspecified atom stereocenters. The van der Waals surface area contributed by atoms with E-state index in [-0.39, 0.29) is 11.9 Å². The number of nitrogens with zero attached hydrogens (tertiary/aromatic N) is 2. The molecule has 6 heteroatoms. The minimum absolute atomic E-state index is 0.0921. The number of H-pyrrole nitrogens is 1. The van der Waals surface area contributed by atoms with Gasteiger partial charge in [0.25, 0.3) is 5.91 Å². The number of aromatic amines is 1. The van der Waals surface area contributed by atoms with Crippen LogP contribution in [0.25, 0.3) is 22.6 Å². The van der Waals surface area contributed by atoms with E-state index in [1.165, 1.54) is 19.3 Å². The van der Waals surface area contributed by atoms with Gasteiger partial charge in [0.05, 0.1) is 11.1 Å². The van der Waals surface area contributed by atoms with Gasteiger partial charge in [0.15, 0.2) is 5.65 Å². The topological polar surface area (TPSA) is 82.7 Å². The molecule has 2 aromatic heterocycles. The number of anilines is 1.